The van der Waals surface area contributed by atoms with Gasteiger partial charge in [-0.05, 0) is 18.8 Å². The average molecular weight is 272 g/mol. The Hall–Kier alpha value is -1.14. The van der Waals surface area contributed by atoms with Gasteiger partial charge >= 0.3 is 5.97 Å². The lowest BCUT2D eigenvalue weighted by Gasteiger charge is -2.35. The largest absolute Gasteiger partial charge is 0.481 e. The molecule has 19 heavy (non-hydrogen) atoms. The zero-order valence-electron chi connectivity index (χ0n) is 11.6. The third kappa shape index (κ3) is 3.91. The van der Waals surface area contributed by atoms with Gasteiger partial charge in [-0.3, -0.25) is 9.59 Å². The Labute approximate surface area is 113 Å². The van der Waals surface area contributed by atoms with Crippen LogP contribution in [0.3, 0.4) is 0 Å². The number of hydrogen-bond donors (Lipinski definition) is 3. The van der Waals surface area contributed by atoms with Crippen molar-refractivity contribution in [3.8, 4) is 0 Å². The van der Waals surface area contributed by atoms with Crippen LogP contribution in [0.25, 0.3) is 0 Å². The molecule has 4 N–H and O–H groups in total. The number of aliphatic carboxylic acids is 1. The molecule has 110 valence electrons. The SMILES string of the molecule is CC(C)C(CNC(=O)C1(CN)CCOCC1)C(=O)O. The third-order valence-corrected chi connectivity index (χ3v) is 3.93. The predicted molar refractivity (Wildman–Crippen MR) is 70.5 cm³/mol. The molecular weight excluding hydrogens is 248 g/mol. The molecule has 1 amide bonds. The maximum Gasteiger partial charge on any atom is 0.308 e. The number of carbonyl (C=O) groups is 2. The smallest absolute Gasteiger partial charge is 0.308 e. The molecule has 0 aliphatic carbocycles. The molecule has 1 atom stereocenters. The number of rotatable bonds is 6. The van der Waals surface area contributed by atoms with Gasteiger partial charge in [-0.2, -0.15) is 0 Å². The molecule has 0 spiro atoms. The first-order chi connectivity index (χ1) is 8.93. The maximum atomic E-state index is 12.3. The van der Waals surface area contributed by atoms with E-state index in [-0.39, 0.29) is 24.9 Å². The summed E-state index contributed by atoms with van der Waals surface area (Å²) >= 11 is 0. The number of hydrogen-bond acceptors (Lipinski definition) is 4. The summed E-state index contributed by atoms with van der Waals surface area (Å²) in [7, 11) is 0. The maximum absolute atomic E-state index is 12.3. The summed E-state index contributed by atoms with van der Waals surface area (Å²) in [5.41, 5.74) is 5.13. The highest BCUT2D eigenvalue weighted by atomic mass is 16.5. The molecule has 6 nitrogen and oxygen atoms in total. The van der Waals surface area contributed by atoms with Crippen LogP contribution in [0.1, 0.15) is 26.7 Å². The molecule has 1 saturated heterocycles. The summed E-state index contributed by atoms with van der Waals surface area (Å²) in [4.78, 5) is 23.3. The fraction of sp³-hybridized carbons (Fsp3) is 0.846. The fourth-order valence-electron chi connectivity index (χ4n) is 2.28. The molecular formula is C13H24N2O4. The summed E-state index contributed by atoms with van der Waals surface area (Å²) in [6.45, 7) is 5.13. The molecule has 1 aliphatic rings. The van der Waals surface area contributed by atoms with Crippen molar-refractivity contribution in [1.82, 2.24) is 5.32 Å². The van der Waals surface area contributed by atoms with Gasteiger partial charge in [0.25, 0.3) is 0 Å². The Morgan fingerprint density at radius 2 is 1.95 bits per heavy atom. The molecule has 0 bridgehead atoms. The lowest BCUT2D eigenvalue weighted by molar-refractivity contribution is -0.143. The van der Waals surface area contributed by atoms with Gasteiger partial charge in [0.15, 0.2) is 0 Å². The van der Waals surface area contributed by atoms with E-state index in [9.17, 15) is 9.59 Å². The topological polar surface area (TPSA) is 102 Å². The van der Waals surface area contributed by atoms with Crippen molar-refractivity contribution in [3.63, 3.8) is 0 Å². The number of nitrogens with one attached hydrogen (secondary N) is 1. The highest BCUT2D eigenvalue weighted by Crippen LogP contribution is 2.29. The van der Waals surface area contributed by atoms with Crippen LogP contribution in [-0.4, -0.2) is 43.3 Å². The lowest BCUT2D eigenvalue weighted by Crippen LogP contribution is -2.50. The second-order valence-electron chi connectivity index (χ2n) is 5.50. The first-order valence-corrected chi connectivity index (χ1v) is 6.72. The van der Waals surface area contributed by atoms with Crippen LogP contribution in [0.15, 0.2) is 0 Å². The van der Waals surface area contributed by atoms with Crippen molar-refractivity contribution in [2.75, 3.05) is 26.3 Å². The lowest BCUT2D eigenvalue weighted by atomic mass is 9.79. The van der Waals surface area contributed by atoms with Crippen LogP contribution < -0.4 is 11.1 Å². The van der Waals surface area contributed by atoms with Crippen molar-refractivity contribution >= 4 is 11.9 Å². The van der Waals surface area contributed by atoms with Gasteiger partial charge < -0.3 is 20.9 Å². The molecule has 0 aromatic carbocycles. The summed E-state index contributed by atoms with van der Waals surface area (Å²) in [5.74, 6) is -1.63. The summed E-state index contributed by atoms with van der Waals surface area (Å²) in [5, 5.41) is 11.8. The van der Waals surface area contributed by atoms with E-state index < -0.39 is 17.3 Å². The Balaban J connectivity index is 2.60. The monoisotopic (exact) mass is 272 g/mol. The molecule has 1 fully saturated rings. The van der Waals surface area contributed by atoms with Crippen molar-refractivity contribution in [2.45, 2.75) is 26.7 Å². The molecule has 1 heterocycles. The molecule has 1 aliphatic heterocycles. The van der Waals surface area contributed by atoms with E-state index in [0.29, 0.717) is 26.1 Å². The van der Waals surface area contributed by atoms with E-state index in [4.69, 9.17) is 15.6 Å². The molecule has 1 rings (SSSR count). The minimum atomic E-state index is -0.885. The Bertz CT molecular complexity index is 325. The normalized spacial score (nSPS) is 20.0. The number of carbonyl (C=O) groups excluding carboxylic acids is 1. The second kappa shape index (κ2) is 6.86. The highest BCUT2D eigenvalue weighted by molar-refractivity contribution is 5.83. The summed E-state index contributed by atoms with van der Waals surface area (Å²) < 4.78 is 5.25. The number of carboxylic acids is 1. The average Bonchev–Trinajstić information content (AvgIpc) is 2.38. The van der Waals surface area contributed by atoms with Crippen molar-refractivity contribution in [3.05, 3.63) is 0 Å². The van der Waals surface area contributed by atoms with E-state index in [1.165, 1.54) is 0 Å². The first-order valence-electron chi connectivity index (χ1n) is 6.72. The number of amides is 1. The molecule has 0 saturated carbocycles. The molecule has 6 heteroatoms. The van der Waals surface area contributed by atoms with Crippen LogP contribution in [0, 0.1) is 17.3 Å². The number of ether oxygens (including phenoxy) is 1. The summed E-state index contributed by atoms with van der Waals surface area (Å²) in [6, 6.07) is 0. The van der Waals surface area contributed by atoms with E-state index >= 15 is 0 Å². The van der Waals surface area contributed by atoms with Gasteiger partial charge in [0.2, 0.25) is 5.91 Å². The van der Waals surface area contributed by atoms with Crippen LogP contribution in [0.4, 0.5) is 0 Å². The second-order valence-corrected chi connectivity index (χ2v) is 5.50. The van der Waals surface area contributed by atoms with Crippen molar-refractivity contribution < 1.29 is 19.4 Å². The van der Waals surface area contributed by atoms with Crippen LogP contribution in [0.2, 0.25) is 0 Å². The molecule has 0 aromatic heterocycles. The minimum absolute atomic E-state index is 0.0266. The van der Waals surface area contributed by atoms with Crippen LogP contribution in [-0.2, 0) is 14.3 Å². The predicted octanol–water partition coefficient (Wildman–Crippen LogP) is 0.215. The van der Waals surface area contributed by atoms with E-state index in [0.717, 1.165) is 0 Å². The fourth-order valence-corrected chi connectivity index (χ4v) is 2.28. The summed E-state index contributed by atoms with van der Waals surface area (Å²) in [6.07, 6.45) is 1.18. The van der Waals surface area contributed by atoms with Gasteiger partial charge in [0.1, 0.15) is 0 Å². The van der Waals surface area contributed by atoms with E-state index in [1.54, 1.807) is 0 Å². The third-order valence-electron chi connectivity index (χ3n) is 3.93. The van der Waals surface area contributed by atoms with Gasteiger partial charge in [-0.25, -0.2) is 0 Å². The van der Waals surface area contributed by atoms with Crippen molar-refractivity contribution in [1.29, 1.82) is 0 Å². The van der Waals surface area contributed by atoms with Gasteiger partial charge in [0.05, 0.1) is 11.3 Å². The van der Waals surface area contributed by atoms with Crippen LogP contribution in [0.5, 0.6) is 0 Å². The van der Waals surface area contributed by atoms with E-state index in [2.05, 4.69) is 5.32 Å². The molecule has 0 radical (unpaired) electrons. The minimum Gasteiger partial charge on any atom is -0.481 e. The van der Waals surface area contributed by atoms with Crippen molar-refractivity contribution in [2.24, 2.45) is 23.0 Å². The Morgan fingerprint density at radius 1 is 1.37 bits per heavy atom. The number of nitrogens with two attached hydrogens (primary N) is 1. The van der Waals surface area contributed by atoms with E-state index in [1.807, 2.05) is 13.8 Å². The van der Waals surface area contributed by atoms with Gasteiger partial charge in [0, 0.05) is 26.3 Å². The number of carboxylic acid groups (broad SMARTS) is 1. The zero-order chi connectivity index (χ0) is 14.5. The van der Waals surface area contributed by atoms with Gasteiger partial charge in [-0.1, -0.05) is 13.8 Å². The zero-order valence-corrected chi connectivity index (χ0v) is 11.6. The first kappa shape index (κ1) is 15.9. The quantitative estimate of drug-likeness (QED) is 0.642. The highest BCUT2D eigenvalue weighted by Gasteiger charge is 2.39. The Morgan fingerprint density at radius 3 is 2.37 bits per heavy atom. The van der Waals surface area contributed by atoms with Crippen LogP contribution >= 0.6 is 0 Å². The van der Waals surface area contributed by atoms with Gasteiger partial charge in [-0.15, -0.1) is 0 Å². The molecule has 0 aromatic rings. The standard InChI is InChI=1S/C13H24N2O4/c1-9(2)10(11(16)17)7-15-12(18)13(8-14)3-5-19-6-4-13/h9-10H,3-8,14H2,1-2H3,(H,15,18)(H,16,17). The molecule has 1 unspecified atom stereocenters. The Kier molecular flexibility index (Phi) is 5.75.